The highest BCUT2D eigenvalue weighted by molar-refractivity contribution is 5.84. The van der Waals surface area contributed by atoms with E-state index in [4.69, 9.17) is 0 Å². The molecule has 2 N–H and O–H groups in total. The van der Waals surface area contributed by atoms with Crippen LogP contribution in [0.4, 0.5) is 27.6 Å². The predicted octanol–water partition coefficient (Wildman–Crippen LogP) is 12.2. The molecular formula is C41H53F5N2. The number of hydrogen-bond donors (Lipinski definition) is 2. The van der Waals surface area contributed by atoms with Crippen molar-refractivity contribution in [2.24, 2.45) is 5.41 Å². The molecule has 7 heteroatoms. The second-order valence-corrected chi connectivity index (χ2v) is 13.2. The van der Waals surface area contributed by atoms with Crippen LogP contribution in [-0.4, -0.2) is 19.3 Å². The molecule has 0 saturated carbocycles. The van der Waals surface area contributed by atoms with Crippen LogP contribution in [-0.2, 0) is 12.1 Å². The number of likely N-dealkylation sites (N-methyl/N-ethyl adjacent to an activating group) is 1. The summed E-state index contributed by atoms with van der Waals surface area (Å²) in [7, 11) is 1.92. The quantitative estimate of drug-likeness (QED) is 0.137. The molecular weight excluding hydrogens is 615 g/mol. The van der Waals surface area contributed by atoms with Crippen LogP contribution in [0.5, 0.6) is 0 Å². The molecule has 0 amide bonds. The van der Waals surface area contributed by atoms with E-state index in [1.165, 1.54) is 19.9 Å². The Hall–Kier alpha value is -3.71. The smallest absolute Gasteiger partial charge is 0.355 e. The standard InChI is InChI=1S/C41H53F5N2/c1-13-16-23-40(11,37(47-12)24-32-19-17-26(4)38(42)28(32)6)29(7)34(15-3)30(8)48-36-22-21-33(39(9,10)43)25-35(36)31(14-2)20-18-27(5)41(44,45)46/h14-15,17-22,25,37,47-48H,3,5,8,13,16,23-24H2,1-2,4,6-7,9-12H3/b20-18-,31-14+,34-29+. The lowest BCUT2D eigenvalue weighted by molar-refractivity contribution is -0.0878. The Balaban J connectivity index is 2.68. The maximum absolute atomic E-state index is 15.1. The van der Waals surface area contributed by atoms with Crippen molar-refractivity contribution in [1.82, 2.24) is 5.32 Å². The van der Waals surface area contributed by atoms with Gasteiger partial charge in [-0.2, -0.15) is 13.2 Å². The van der Waals surface area contributed by atoms with Crippen molar-refractivity contribution >= 4 is 11.3 Å². The molecule has 2 unspecified atom stereocenters. The third kappa shape index (κ3) is 9.68. The van der Waals surface area contributed by atoms with Gasteiger partial charge in [-0.25, -0.2) is 8.78 Å². The number of anilines is 1. The summed E-state index contributed by atoms with van der Waals surface area (Å²) in [6.07, 6.45) is 4.50. The number of aryl methyl sites for hydroxylation is 1. The van der Waals surface area contributed by atoms with Gasteiger partial charge < -0.3 is 10.6 Å². The van der Waals surface area contributed by atoms with Crippen molar-refractivity contribution in [2.75, 3.05) is 12.4 Å². The monoisotopic (exact) mass is 668 g/mol. The van der Waals surface area contributed by atoms with Crippen molar-refractivity contribution in [3.05, 3.63) is 130 Å². The summed E-state index contributed by atoms with van der Waals surface area (Å²) in [5.41, 5.74) is 3.33. The van der Waals surface area contributed by atoms with Gasteiger partial charge in [0, 0.05) is 34.0 Å². The van der Waals surface area contributed by atoms with Crippen LogP contribution in [0.15, 0.2) is 96.8 Å². The number of alkyl halides is 4. The van der Waals surface area contributed by atoms with E-state index in [0.29, 0.717) is 45.6 Å². The summed E-state index contributed by atoms with van der Waals surface area (Å²) < 4.78 is 69.7. The van der Waals surface area contributed by atoms with E-state index in [0.717, 1.165) is 42.0 Å². The molecule has 0 radical (unpaired) electrons. The molecule has 2 atom stereocenters. The van der Waals surface area contributed by atoms with Gasteiger partial charge in [0.05, 0.1) is 0 Å². The zero-order valence-corrected chi connectivity index (χ0v) is 30.1. The number of halogens is 5. The summed E-state index contributed by atoms with van der Waals surface area (Å²) >= 11 is 0. The van der Waals surface area contributed by atoms with Crippen molar-refractivity contribution in [2.45, 2.75) is 99.0 Å². The van der Waals surface area contributed by atoms with Crippen LogP contribution in [0, 0.1) is 25.1 Å². The van der Waals surface area contributed by atoms with Crippen molar-refractivity contribution in [1.29, 1.82) is 0 Å². The first-order valence-electron chi connectivity index (χ1n) is 16.4. The van der Waals surface area contributed by atoms with Gasteiger partial charge in [-0.3, -0.25) is 0 Å². The van der Waals surface area contributed by atoms with Crippen LogP contribution in [0.2, 0.25) is 0 Å². The van der Waals surface area contributed by atoms with Gasteiger partial charge in [-0.1, -0.05) is 94.5 Å². The van der Waals surface area contributed by atoms with Gasteiger partial charge >= 0.3 is 6.18 Å². The van der Waals surface area contributed by atoms with E-state index in [1.807, 2.05) is 26.1 Å². The third-order valence-electron chi connectivity index (χ3n) is 9.51. The lowest BCUT2D eigenvalue weighted by atomic mass is 9.68. The fourth-order valence-electron chi connectivity index (χ4n) is 6.04. The van der Waals surface area contributed by atoms with Crippen LogP contribution in [0.3, 0.4) is 0 Å². The van der Waals surface area contributed by atoms with E-state index in [2.05, 4.69) is 51.1 Å². The van der Waals surface area contributed by atoms with Crippen molar-refractivity contribution < 1.29 is 22.0 Å². The molecule has 2 rings (SSSR count). The lowest BCUT2D eigenvalue weighted by Gasteiger charge is -2.41. The van der Waals surface area contributed by atoms with E-state index in [-0.39, 0.29) is 11.9 Å². The van der Waals surface area contributed by atoms with Gasteiger partial charge in [-0.05, 0) is 107 Å². The zero-order valence-electron chi connectivity index (χ0n) is 30.1. The molecule has 2 nitrogen and oxygen atoms in total. The van der Waals surface area contributed by atoms with Crippen LogP contribution >= 0.6 is 0 Å². The van der Waals surface area contributed by atoms with E-state index >= 15 is 4.39 Å². The lowest BCUT2D eigenvalue weighted by Crippen LogP contribution is -2.45. The largest absolute Gasteiger partial charge is 0.415 e. The molecule has 0 fully saturated rings. The maximum Gasteiger partial charge on any atom is 0.415 e. The molecule has 0 aromatic heterocycles. The minimum absolute atomic E-state index is 0.0595. The number of hydrogen-bond acceptors (Lipinski definition) is 2. The van der Waals surface area contributed by atoms with E-state index in [1.54, 1.807) is 44.2 Å². The fourth-order valence-corrected chi connectivity index (χ4v) is 6.04. The summed E-state index contributed by atoms with van der Waals surface area (Å²) in [4.78, 5) is 0. The Kier molecular flexibility index (Phi) is 14.0. The molecule has 2 aromatic rings. The number of rotatable bonds is 16. The van der Waals surface area contributed by atoms with Crippen LogP contribution in [0.1, 0.15) is 88.6 Å². The van der Waals surface area contributed by atoms with E-state index in [9.17, 15) is 17.6 Å². The van der Waals surface area contributed by atoms with Crippen molar-refractivity contribution in [3.8, 4) is 0 Å². The molecule has 0 saturated heterocycles. The first-order chi connectivity index (χ1) is 22.3. The molecule has 48 heavy (non-hydrogen) atoms. The third-order valence-corrected chi connectivity index (χ3v) is 9.51. The maximum atomic E-state index is 15.1. The number of nitrogens with one attached hydrogen (secondary N) is 2. The molecule has 0 heterocycles. The normalized spacial score (nSPS) is 15.2. The van der Waals surface area contributed by atoms with Gasteiger partial charge in [0.2, 0.25) is 0 Å². The Morgan fingerprint density at radius 2 is 1.65 bits per heavy atom. The Bertz CT molecular complexity index is 1580. The SMILES string of the molecule is C=C/C(C(=C)Nc1ccc(C(C)(C)F)cc1C(/C=C\C(=C)C(F)(F)F)=C/C)=C(/C)C(C)(CCCC)C(Cc1ccc(C)c(F)c1C)NC. The summed E-state index contributed by atoms with van der Waals surface area (Å²) in [6.45, 7) is 26.2. The first kappa shape index (κ1) is 40.5. The first-order valence-corrected chi connectivity index (χ1v) is 16.4. The average Bonchev–Trinajstić information content (AvgIpc) is 3.02. The topological polar surface area (TPSA) is 24.1 Å². The zero-order chi connectivity index (χ0) is 36.6. The molecule has 0 bridgehead atoms. The number of allylic oxidation sites excluding steroid dienone is 6. The van der Waals surface area contributed by atoms with Crippen LogP contribution < -0.4 is 10.6 Å². The van der Waals surface area contributed by atoms with Crippen molar-refractivity contribution in [3.63, 3.8) is 0 Å². The predicted molar refractivity (Wildman–Crippen MR) is 194 cm³/mol. The highest BCUT2D eigenvalue weighted by Crippen LogP contribution is 2.42. The summed E-state index contributed by atoms with van der Waals surface area (Å²) in [5, 5.41) is 6.89. The average molecular weight is 669 g/mol. The number of benzene rings is 2. The molecule has 0 aliphatic heterocycles. The van der Waals surface area contributed by atoms with Gasteiger partial charge in [0.25, 0.3) is 0 Å². The second kappa shape index (κ2) is 16.6. The minimum Gasteiger partial charge on any atom is -0.355 e. The Morgan fingerprint density at radius 3 is 2.17 bits per heavy atom. The molecule has 2 aromatic carbocycles. The van der Waals surface area contributed by atoms with Gasteiger partial charge in [0.1, 0.15) is 11.5 Å². The fraction of sp³-hybridized carbons (Fsp3) is 0.415. The highest BCUT2D eigenvalue weighted by atomic mass is 19.4. The molecule has 0 spiro atoms. The Morgan fingerprint density at radius 1 is 1.00 bits per heavy atom. The van der Waals surface area contributed by atoms with Gasteiger partial charge in [-0.15, -0.1) is 0 Å². The number of unbranched alkanes of at least 4 members (excludes halogenated alkanes) is 1. The summed E-state index contributed by atoms with van der Waals surface area (Å²) in [6, 6.07) is 8.76. The highest BCUT2D eigenvalue weighted by Gasteiger charge is 2.37. The molecule has 0 aliphatic rings. The van der Waals surface area contributed by atoms with Gasteiger partial charge in [0.15, 0.2) is 0 Å². The molecule has 262 valence electrons. The van der Waals surface area contributed by atoms with Crippen LogP contribution in [0.25, 0.3) is 5.57 Å². The Labute approximate surface area is 285 Å². The van der Waals surface area contributed by atoms with E-state index < -0.39 is 22.8 Å². The minimum atomic E-state index is -4.57. The molecule has 0 aliphatic carbocycles. The second-order valence-electron chi connectivity index (χ2n) is 13.2. The summed E-state index contributed by atoms with van der Waals surface area (Å²) in [5.74, 6) is -0.190.